The molecule has 1 aliphatic carbocycles. The number of anilines is 1. The molecular weight excluding hydrogens is 458 g/mol. The molecule has 3 N–H and O–H groups in total. The summed E-state index contributed by atoms with van der Waals surface area (Å²) >= 11 is 0. The molecule has 36 heavy (non-hydrogen) atoms. The second-order valence-corrected chi connectivity index (χ2v) is 9.72. The van der Waals surface area contributed by atoms with Crippen LogP contribution in [0.4, 0.5) is 5.69 Å². The fourth-order valence-corrected chi connectivity index (χ4v) is 5.47. The number of fused-ring (bicyclic) bond motifs is 1. The molecule has 1 aliphatic heterocycles. The van der Waals surface area contributed by atoms with Crippen LogP contribution in [0.1, 0.15) is 47.6 Å². The molecule has 0 radical (unpaired) electrons. The normalized spacial score (nSPS) is 20.3. The van der Waals surface area contributed by atoms with E-state index in [1.165, 1.54) is 0 Å². The van der Waals surface area contributed by atoms with Gasteiger partial charge >= 0.3 is 5.69 Å². The Hall–Kier alpha value is -3.59. The van der Waals surface area contributed by atoms with Gasteiger partial charge in [0.2, 0.25) is 5.91 Å². The van der Waals surface area contributed by atoms with E-state index in [4.69, 9.17) is 4.74 Å². The zero-order valence-electron chi connectivity index (χ0n) is 20.8. The first-order valence-corrected chi connectivity index (χ1v) is 12.6. The lowest BCUT2D eigenvalue weighted by molar-refractivity contribution is -0.121. The molecule has 3 aromatic rings. The predicted molar refractivity (Wildman–Crippen MR) is 139 cm³/mol. The van der Waals surface area contributed by atoms with E-state index < -0.39 is 0 Å². The molecule has 2 aliphatic rings. The van der Waals surface area contributed by atoms with Crippen molar-refractivity contribution in [3.63, 3.8) is 0 Å². The topological polar surface area (TPSA) is 108 Å². The van der Waals surface area contributed by atoms with Crippen molar-refractivity contribution >= 4 is 28.5 Å². The number of aromatic amines is 1. The minimum atomic E-state index is -0.204. The van der Waals surface area contributed by atoms with Crippen LogP contribution in [0.2, 0.25) is 0 Å². The average Bonchev–Trinajstić information content (AvgIpc) is 3.25. The molecule has 9 heteroatoms. The third-order valence-electron chi connectivity index (χ3n) is 7.50. The Balaban J connectivity index is 1.29. The fourth-order valence-electron chi connectivity index (χ4n) is 5.47. The monoisotopic (exact) mass is 491 g/mol. The summed E-state index contributed by atoms with van der Waals surface area (Å²) in [6, 6.07) is 11.2. The molecule has 190 valence electrons. The van der Waals surface area contributed by atoms with E-state index in [-0.39, 0.29) is 29.5 Å². The molecule has 2 fully saturated rings. The summed E-state index contributed by atoms with van der Waals surface area (Å²) in [6.45, 7) is 4.81. The Bertz CT molecular complexity index is 1330. The van der Waals surface area contributed by atoms with E-state index in [0.717, 1.165) is 48.4 Å². The molecule has 0 atom stereocenters. The number of ether oxygens (including phenoxy) is 1. The number of methoxy groups -OCH3 is 1. The van der Waals surface area contributed by atoms with Crippen molar-refractivity contribution in [2.24, 2.45) is 5.92 Å². The van der Waals surface area contributed by atoms with Gasteiger partial charge in [-0.3, -0.25) is 14.2 Å². The number of nitrogens with zero attached hydrogens (tertiary/aromatic N) is 2. The molecule has 1 aromatic heterocycles. The second kappa shape index (κ2) is 10.2. The third kappa shape index (κ3) is 4.63. The minimum Gasteiger partial charge on any atom is -0.496 e. The number of nitrogens with one attached hydrogen (secondary N) is 3. The van der Waals surface area contributed by atoms with Gasteiger partial charge in [-0.25, -0.2) is 4.79 Å². The summed E-state index contributed by atoms with van der Waals surface area (Å²) in [4.78, 5) is 43.9. The number of hydrogen-bond acceptors (Lipinski definition) is 5. The van der Waals surface area contributed by atoms with Crippen LogP contribution in [0.25, 0.3) is 11.0 Å². The highest BCUT2D eigenvalue weighted by molar-refractivity contribution is 6.05. The highest BCUT2D eigenvalue weighted by atomic mass is 16.5. The van der Waals surface area contributed by atoms with Crippen LogP contribution in [0.3, 0.4) is 0 Å². The summed E-state index contributed by atoms with van der Waals surface area (Å²) < 4.78 is 7.14. The van der Waals surface area contributed by atoms with Crippen molar-refractivity contribution in [2.45, 2.75) is 38.6 Å². The van der Waals surface area contributed by atoms with Crippen LogP contribution in [0.5, 0.6) is 5.75 Å². The van der Waals surface area contributed by atoms with Gasteiger partial charge in [-0.2, -0.15) is 0 Å². The number of hydrogen-bond donors (Lipinski definition) is 3. The number of rotatable bonds is 5. The number of aromatic nitrogens is 2. The molecule has 2 aromatic carbocycles. The Morgan fingerprint density at radius 2 is 1.81 bits per heavy atom. The number of benzene rings is 2. The number of H-pyrrole nitrogens is 1. The van der Waals surface area contributed by atoms with Gasteiger partial charge in [0, 0.05) is 49.9 Å². The largest absolute Gasteiger partial charge is 0.496 e. The van der Waals surface area contributed by atoms with Crippen LogP contribution in [0, 0.1) is 12.8 Å². The summed E-state index contributed by atoms with van der Waals surface area (Å²) in [6.07, 6.45) is 2.83. The SMILES string of the molecule is COc1cc(NC(=O)[C@H]2CC[C@@H](n3c(=O)[nH]c4c(C(=O)N5CCNCC5)cccc43)CC2)ccc1C. The number of imidazole rings is 1. The minimum absolute atomic E-state index is 0.00506. The van der Waals surface area contributed by atoms with E-state index >= 15 is 0 Å². The molecule has 9 nitrogen and oxygen atoms in total. The third-order valence-corrected chi connectivity index (χ3v) is 7.50. The Labute approximate surface area is 209 Å². The highest BCUT2D eigenvalue weighted by Crippen LogP contribution is 2.34. The van der Waals surface area contributed by atoms with Crippen LogP contribution in [0.15, 0.2) is 41.2 Å². The molecule has 2 amide bonds. The van der Waals surface area contributed by atoms with Gasteiger partial charge in [-0.1, -0.05) is 12.1 Å². The molecule has 1 saturated heterocycles. The van der Waals surface area contributed by atoms with Crippen molar-refractivity contribution in [3.05, 3.63) is 58.0 Å². The summed E-state index contributed by atoms with van der Waals surface area (Å²) in [5.74, 6) is 0.572. The van der Waals surface area contributed by atoms with Gasteiger partial charge in [0.1, 0.15) is 5.75 Å². The van der Waals surface area contributed by atoms with E-state index in [1.54, 1.807) is 17.7 Å². The number of carbonyl (C=O) groups is 2. The maximum Gasteiger partial charge on any atom is 0.326 e. The van der Waals surface area contributed by atoms with Gasteiger partial charge < -0.3 is 25.3 Å². The number of amides is 2. The lowest BCUT2D eigenvalue weighted by atomic mass is 9.85. The quantitative estimate of drug-likeness (QED) is 0.508. The molecule has 0 spiro atoms. The van der Waals surface area contributed by atoms with E-state index in [1.807, 2.05) is 42.2 Å². The maximum absolute atomic E-state index is 13.2. The maximum atomic E-state index is 13.2. The first-order chi connectivity index (χ1) is 17.5. The molecule has 0 unspecified atom stereocenters. The van der Waals surface area contributed by atoms with Crippen LogP contribution in [-0.2, 0) is 4.79 Å². The van der Waals surface area contributed by atoms with Gasteiger partial charge in [0.25, 0.3) is 5.91 Å². The first-order valence-electron chi connectivity index (χ1n) is 12.6. The molecule has 1 saturated carbocycles. The Morgan fingerprint density at radius 3 is 2.53 bits per heavy atom. The Morgan fingerprint density at radius 1 is 1.06 bits per heavy atom. The van der Waals surface area contributed by atoms with Gasteiger partial charge in [-0.15, -0.1) is 0 Å². The standard InChI is InChI=1S/C27H33N5O4/c1-17-6-9-19(16-23(17)36-2)29-25(33)18-7-10-20(11-8-18)32-22-5-3-4-21(24(22)30-27(32)35)26(34)31-14-12-28-13-15-31/h3-6,9,16,18,20,28H,7-8,10-15H2,1-2H3,(H,29,33)(H,30,35)/t18-,20+. The van der Waals surface area contributed by atoms with E-state index in [0.29, 0.717) is 37.0 Å². The Kier molecular flexibility index (Phi) is 6.82. The molecular formula is C27H33N5O4. The van der Waals surface area contributed by atoms with Crippen molar-refractivity contribution in [2.75, 3.05) is 38.6 Å². The first kappa shape index (κ1) is 24.1. The van der Waals surface area contributed by atoms with Gasteiger partial charge in [-0.05, 0) is 56.4 Å². The van der Waals surface area contributed by atoms with Crippen molar-refractivity contribution in [1.29, 1.82) is 0 Å². The predicted octanol–water partition coefficient (Wildman–Crippen LogP) is 3.06. The number of aryl methyl sites for hydroxylation is 1. The molecule has 0 bridgehead atoms. The summed E-state index contributed by atoms with van der Waals surface area (Å²) in [5.41, 5.74) is 3.41. The summed E-state index contributed by atoms with van der Waals surface area (Å²) in [7, 11) is 1.62. The van der Waals surface area contributed by atoms with E-state index in [9.17, 15) is 14.4 Å². The van der Waals surface area contributed by atoms with Crippen molar-refractivity contribution in [1.82, 2.24) is 19.8 Å². The lowest BCUT2D eigenvalue weighted by Crippen LogP contribution is -2.46. The highest BCUT2D eigenvalue weighted by Gasteiger charge is 2.30. The zero-order chi connectivity index (χ0) is 25.2. The van der Waals surface area contributed by atoms with E-state index in [2.05, 4.69) is 15.6 Å². The molecule has 5 rings (SSSR count). The molecule has 2 heterocycles. The van der Waals surface area contributed by atoms with Crippen LogP contribution < -0.4 is 21.1 Å². The van der Waals surface area contributed by atoms with Crippen molar-refractivity contribution < 1.29 is 14.3 Å². The van der Waals surface area contributed by atoms with Crippen LogP contribution in [-0.4, -0.2) is 59.6 Å². The summed E-state index contributed by atoms with van der Waals surface area (Å²) in [5, 5.41) is 6.27. The van der Waals surface area contributed by atoms with Crippen LogP contribution >= 0.6 is 0 Å². The average molecular weight is 492 g/mol. The second-order valence-electron chi connectivity index (χ2n) is 9.72. The number of para-hydroxylation sites is 1. The van der Waals surface area contributed by atoms with Crippen molar-refractivity contribution in [3.8, 4) is 5.75 Å². The lowest BCUT2D eigenvalue weighted by Gasteiger charge is -2.29. The number of piperazine rings is 1. The van der Waals surface area contributed by atoms with Gasteiger partial charge in [0.15, 0.2) is 0 Å². The zero-order valence-corrected chi connectivity index (χ0v) is 20.8. The number of carbonyl (C=O) groups excluding carboxylic acids is 2. The smallest absolute Gasteiger partial charge is 0.326 e. The van der Waals surface area contributed by atoms with Gasteiger partial charge in [0.05, 0.1) is 23.7 Å². The fraction of sp³-hybridized carbons (Fsp3) is 0.444.